The second-order valence-corrected chi connectivity index (χ2v) is 10.4. The van der Waals surface area contributed by atoms with Crippen LogP contribution in [-0.2, 0) is 4.79 Å². The normalized spacial score (nSPS) is 22.7. The van der Waals surface area contributed by atoms with Crippen LogP contribution in [0.5, 0.6) is 5.75 Å². The molecule has 3 unspecified atom stereocenters. The number of halogens is 1. The molecular weight excluding hydrogens is 429 g/mol. The number of aliphatic carboxylic acids is 1. The van der Waals surface area contributed by atoms with E-state index in [0.29, 0.717) is 41.6 Å². The molecule has 0 radical (unpaired) electrons. The molecule has 1 aliphatic heterocycles. The van der Waals surface area contributed by atoms with Gasteiger partial charge in [-0.2, -0.15) is 11.8 Å². The van der Waals surface area contributed by atoms with Gasteiger partial charge in [0.1, 0.15) is 11.6 Å². The number of aromatic nitrogens is 1. The van der Waals surface area contributed by atoms with Gasteiger partial charge < -0.3 is 20.5 Å². The van der Waals surface area contributed by atoms with Gasteiger partial charge in [-0.05, 0) is 62.8 Å². The predicted octanol–water partition coefficient (Wildman–Crippen LogP) is 4.08. The zero-order valence-electron chi connectivity index (χ0n) is 18.5. The van der Waals surface area contributed by atoms with Crippen molar-refractivity contribution < 1.29 is 19.0 Å². The van der Waals surface area contributed by atoms with Crippen LogP contribution in [0.15, 0.2) is 24.4 Å². The van der Waals surface area contributed by atoms with Gasteiger partial charge in [-0.3, -0.25) is 9.78 Å². The summed E-state index contributed by atoms with van der Waals surface area (Å²) in [5.41, 5.74) is 7.54. The Kier molecular flexibility index (Phi) is 7.53. The van der Waals surface area contributed by atoms with Crippen LogP contribution in [0.4, 0.5) is 4.39 Å². The summed E-state index contributed by atoms with van der Waals surface area (Å²) < 4.78 is 20.0. The number of carbonyl (C=O) groups is 1. The van der Waals surface area contributed by atoms with Crippen molar-refractivity contribution in [1.82, 2.24) is 9.88 Å². The maximum Gasteiger partial charge on any atom is 0.308 e. The number of methoxy groups -OCH3 is 1. The fourth-order valence-electron chi connectivity index (χ4n) is 4.69. The third-order valence-electron chi connectivity index (χ3n) is 6.73. The fraction of sp³-hybridized carbons (Fsp3) is 0.583. The van der Waals surface area contributed by atoms with Gasteiger partial charge >= 0.3 is 5.97 Å². The minimum atomic E-state index is -0.742. The molecule has 1 saturated heterocycles. The number of carboxylic acids is 1. The Bertz CT molecular complexity index is 955. The summed E-state index contributed by atoms with van der Waals surface area (Å²) in [7, 11) is 1.57. The third kappa shape index (κ3) is 5.53. The van der Waals surface area contributed by atoms with Crippen molar-refractivity contribution in [3.63, 3.8) is 0 Å². The molecule has 2 aromatic rings. The van der Waals surface area contributed by atoms with Crippen LogP contribution in [0, 0.1) is 17.7 Å². The molecule has 6 nitrogen and oxygen atoms in total. The van der Waals surface area contributed by atoms with Crippen LogP contribution in [0.1, 0.15) is 43.7 Å². The number of piperidine rings is 1. The second-order valence-electron chi connectivity index (χ2n) is 8.95. The maximum absolute atomic E-state index is 14.7. The minimum Gasteiger partial charge on any atom is -0.497 e. The zero-order valence-corrected chi connectivity index (χ0v) is 19.3. The molecule has 32 heavy (non-hydrogen) atoms. The van der Waals surface area contributed by atoms with Crippen molar-refractivity contribution in [2.24, 2.45) is 17.6 Å². The van der Waals surface area contributed by atoms with Gasteiger partial charge in [0.15, 0.2) is 0 Å². The predicted molar refractivity (Wildman–Crippen MR) is 126 cm³/mol. The highest BCUT2D eigenvalue weighted by Gasteiger charge is 2.34. The van der Waals surface area contributed by atoms with Gasteiger partial charge in [0.25, 0.3) is 0 Å². The Labute approximate surface area is 192 Å². The average Bonchev–Trinajstić information content (AvgIpc) is 3.61. The van der Waals surface area contributed by atoms with Crippen LogP contribution < -0.4 is 10.5 Å². The van der Waals surface area contributed by atoms with Gasteiger partial charge in [-0.25, -0.2) is 4.39 Å². The van der Waals surface area contributed by atoms with E-state index in [1.807, 2.05) is 11.8 Å². The molecule has 0 bridgehead atoms. The number of fused-ring (bicyclic) bond motifs is 1. The summed E-state index contributed by atoms with van der Waals surface area (Å²) in [5, 5.41) is 11.3. The number of thioether (sulfide) groups is 1. The molecule has 0 amide bonds. The molecule has 1 saturated carbocycles. The first-order valence-electron chi connectivity index (χ1n) is 11.4. The number of hydrogen-bond acceptors (Lipinski definition) is 6. The van der Waals surface area contributed by atoms with E-state index in [9.17, 15) is 14.3 Å². The van der Waals surface area contributed by atoms with Gasteiger partial charge in [0.05, 0.1) is 24.7 Å². The van der Waals surface area contributed by atoms with Gasteiger partial charge in [0.2, 0.25) is 0 Å². The Hall–Kier alpha value is -1.90. The Morgan fingerprint density at radius 3 is 2.94 bits per heavy atom. The third-order valence-corrected chi connectivity index (χ3v) is 8.09. The van der Waals surface area contributed by atoms with Crippen molar-refractivity contribution in [2.75, 3.05) is 32.5 Å². The Balaban J connectivity index is 1.40. The molecule has 2 heterocycles. The number of nitrogens with zero attached hydrogens (tertiary/aromatic N) is 2. The molecule has 2 aliphatic rings. The van der Waals surface area contributed by atoms with E-state index < -0.39 is 23.7 Å². The number of nitrogens with two attached hydrogens (primary N) is 1. The van der Waals surface area contributed by atoms with E-state index in [1.54, 1.807) is 25.3 Å². The van der Waals surface area contributed by atoms with Gasteiger partial charge in [0, 0.05) is 41.1 Å². The Morgan fingerprint density at radius 1 is 1.41 bits per heavy atom. The highest BCUT2D eigenvalue weighted by molar-refractivity contribution is 8.00. The molecule has 8 heteroatoms. The van der Waals surface area contributed by atoms with Crippen LogP contribution >= 0.6 is 11.8 Å². The quantitative estimate of drug-likeness (QED) is 0.551. The lowest BCUT2D eigenvalue weighted by atomic mass is 9.81. The maximum atomic E-state index is 14.7. The highest BCUT2D eigenvalue weighted by atomic mass is 32.2. The molecule has 0 spiro atoms. The van der Waals surface area contributed by atoms with Crippen molar-refractivity contribution in [3.05, 3.63) is 35.8 Å². The molecule has 4 rings (SSSR count). The molecule has 1 aromatic heterocycles. The number of hydrogen-bond donors (Lipinski definition) is 2. The number of carboxylic acid groups (broad SMARTS) is 1. The van der Waals surface area contributed by atoms with Crippen LogP contribution in [0.25, 0.3) is 10.9 Å². The number of likely N-dealkylation sites (tertiary alicyclic amines) is 1. The molecule has 1 aromatic carbocycles. The lowest BCUT2D eigenvalue weighted by Gasteiger charge is -2.37. The van der Waals surface area contributed by atoms with Crippen molar-refractivity contribution in [2.45, 2.75) is 43.4 Å². The molecule has 3 atom stereocenters. The fourth-order valence-corrected chi connectivity index (χ4v) is 5.86. The molecular formula is C24H32FN3O3S. The summed E-state index contributed by atoms with van der Waals surface area (Å²) in [4.78, 5) is 18.4. The zero-order chi connectivity index (χ0) is 22.7. The minimum absolute atomic E-state index is 0.0524. The standard InChI is InChI=1S/C24H32FN3O3S/c1-31-16-3-7-22-18(12-16)23(20(25)13-27-22)21(26)6-2-15-8-9-28(14-19(15)24(29)30)10-11-32-17-4-5-17/h3,7,12-13,15,17,19,21H,2,4-6,8-11,14,26H2,1H3,(H,29,30). The highest BCUT2D eigenvalue weighted by Crippen LogP contribution is 2.36. The van der Waals surface area contributed by atoms with Crippen LogP contribution in [0.3, 0.4) is 0 Å². The van der Waals surface area contributed by atoms with E-state index in [1.165, 1.54) is 19.0 Å². The molecule has 1 aliphatic carbocycles. The first kappa shape index (κ1) is 23.3. The largest absolute Gasteiger partial charge is 0.497 e. The molecule has 3 N–H and O–H groups in total. The average molecular weight is 462 g/mol. The van der Waals surface area contributed by atoms with Crippen molar-refractivity contribution in [3.8, 4) is 5.75 Å². The number of ether oxygens (including phenoxy) is 1. The summed E-state index contributed by atoms with van der Waals surface area (Å²) in [6.07, 6.45) is 5.89. The van der Waals surface area contributed by atoms with E-state index in [-0.39, 0.29) is 5.92 Å². The molecule has 2 fully saturated rings. The number of pyridine rings is 1. The first-order valence-corrected chi connectivity index (χ1v) is 12.5. The van der Waals surface area contributed by atoms with Crippen molar-refractivity contribution >= 4 is 28.6 Å². The summed E-state index contributed by atoms with van der Waals surface area (Å²) in [6.45, 7) is 2.45. The Morgan fingerprint density at radius 2 is 2.22 bits per heavy atom. The number of rotatable bonds is 10. The lowest BCUT2D eigenvalue weighted by Crippen LogP contribution is -2.44. The summed E-state index contributed by atoms with van der Waals surface area (Å²) in [5.74, 6) is 0.170. The second kappa shape index (κ2) is 10.4. The smallest absolute Gasteiger partial charge is 0.308 e. The number of benzene rings is 1. The van der Waals surface area contributed by atoms with E-state index >= 15 is 0 Å². The lowest BCUT2D eigenvalue weighted by molar-refractivity contribution is -0.146. The summed E-state index contributed by atoms with van der Waals surface area (Å²) in [6, 6.07) is 4.81. The van der Waals surface area contributed by atoms with Crippen LogP contribution in [-0.4, -0.2) is 58.7 Å². The monoisotopic (exact) mass is 461 g/mol. The van der Waals surface area contributed by atoms with Crippen LogP contribution in [0.2, 0.25) is 0 Å². The SMILES string of the molecule is COc1ccc2ncc(F)c(C(N)CCC3CCN(CCSC4CC4)CC3C(=O)O)c2c1. The van der Waals surface area contributed by atoms with E-state index in [2.05, 4.69) is 9.88 Å². The van der Waals surface area contributed by atoms with Gasteiger partial charge in [-0.15, -0.1) is 0 Å². The van der Waals surface area contributed by atoms with Gasteiger partial charge in [-0.1, -0.05) is 0 Å². The van der Waals surface area contributed by atoms with E-state index in [4.69, 9.17) is 10.5 Å². The molecule has 174 valence electrons. The van der Waals surface area contributed by atoms with Crippen molar-refractivity contribution in [1.29, 1.82) is 0 Å². The summed E-state index contributed by atoms with van der Waals surface area (Å²) >= 11 is 2.01. The van der Waals surface area contributed by atoms with E-state index in [0.717, 1.165) is 30.5 Å². The topological polar surface area (TPSA) is 88.7 Å². The first-order chi connectivity index (χ1) is 15.5.